The molecule has 0 saturated heterocycles. The summed E-state index contributed by atoms with van der Waals surface area (Å²) in [6, 6.07) is 15.8. The van der Waals surface area contributed by atoms with Crippen LogP contribution in [0.5, 0.6) is 17.2 Å². The van der Waals surface area contributed by atoms with Crippen molar-refractivity contribution in [2.75, 3.05) is 30.5 Å². The molecule has 42 heavy (non-hydrogen) atoms. The minimum Gasteiger partial charge on any atom is -0.494 e. The molecule has 3 N–H and O–H groups in total. The lowest BCUT2D eigenvalue weighted by Crippen LogP contribution is -2.32. The number of carbonyl (C=O) groups is 3. The first kappa shape index (κ1) is 31.7. The number of carbonyl (C=O) groups excluding carboxylic acids is 3. The van der Waals surface area contributed by atoms with Gasteiger partial charge >= 0.3 is 11.8 Å². The van der Waals surface area contributed by atoms with Crippen LogP contribution in [0.15, 0.2) is 59.7 Å². The quantitative estimate of drug-likeness (QED) is 0.110. The molecular weight excluding hydrogens is 536 g/mol. The zero-order valence-corrected chi connectivity index (χ0v) is 24.7. The summed E-state index contributed by atoms with van der Waals surface area (Å²) >= 11 is 0. The molecule has 0 unspecified atom stereocenters. The number of hydrogen-bond donors (Lipinski definition) is 3. The van der Waals surface area contributed by atoms with Crippen molar-refractivity contribution < 1.29 is 28.6 Å². The third kappa shape index (κ3) is 9.65. The summed E-state index contributed by atoms with van der Waals surface area (Å²) in [5.41, 5.74) is 7.10. The molecule has 0 heterocycles. The summed E-state index contributed by atoms with van der Waals surface area (Å²) in [4.78, 5) is 37.0. The van der Waals surface area contributed by atoms with Gasteiger partial charge in [0.25, 0.3) is 5.91 Å². The molecular formula is C32H38N4O6. The van der Waals surface area contributed by atoms with Gasteiger partial charge in [0.05, 0.1) is 19.4 Å². The minimum atomic E-state index is -0.926. The number of amides is 3. The highest BCUT2D eigenvalue weighted by molar-refractivity contribution is 6.39. The van der Waals surface area contributed by atoms with E-state index in [1.807, 2.05) is 39.8 Å². The van der Waals surface area contributed by atoms with Crippen LogP contribution < -0.4 is 30.3 Å². The predicted octanol–water partition coefficient (Wildman–Crippen LogP) is 5.30. The van der Waals surface area contributed by atoms with Crippen LogP contribution >= 0.6 is 0 Å². The van der Waals surface area contributed by atoms with E-state index in [0.29, 0.717) is 41.7 Å². The topological polar surface area (TPSA) is 127 Å². The lowest BCUT2D eigenvalue weighted by Gasteiger charge is -2.15. The highest BCUT2D eigenvalue weighted by atomic mass is 16.5. The van der Waals surface area contributed by atoms with Crippen molar-refractivity contribution in [3.05, 3.63) is 76.9 Å². The van der Waals surface area contributed by atoms with Crippen LogP contribution in [0, 0.1) is 20.8 Å². The van der Waals surface area contributed by atoms with Crippen LogP contribution in [0.3, 0.4) is 0 Å². The van der Waals surface area contributed by atoms with E-state index < -0.39 is 11.8 Å². The molecule has 3 rings (SSSR count). The summed E-state index contributed by atoms with van der Waals surface area (Å²) < 4.78 is 17.0. The van der Waals surface area contributed by atoms with Gasteiger partial charge in [-0.15, -0.1) is 0 Å². The number of ether oxygens (including phenoxy) is 3. The number of benzene rings is 3. The second-order valence-electron chi connectivity index (χ2n) is 9.63. The minimum absolute atomic E-state index is 0.208. The number of hydrazone groups is 1. The normalized spacial score (nSPS) is 10.7. The second-order valence-corrected chi connectivity index (χ2v) is 9.63. The summed E-state index contributed by atoms with van der Waals surface area (Å²) in [5.74, 6) is -0.608. The van der Waals surface area contributed by atoms with Crippen LogP contribution in [0.25, 0.3) is 0 Å². The number of nitrogens with zero attached hydrogens (tertiary/aromatic N) is 1. The third-order valence-corrected chi connectivity index (χ3v) is 6.03. The van der Waals surface area contributed by atoms with Gasteiger partial charge in [-0.2, -0.15) is 5.10 Å². The van der Waals surface area contributed by atoms with Gasteiger partial charge in [0.2, 0.25) is 0 Å². The van der Waals surface area contributed by atoms with E-state index in [-0.39, 0.29) is 12.5 Å². The zero-order chi connectivity index (χ0) is 30.5. The molecule has 0 aliphatic carbocycles. The molecule has 3 aromatic rings. The van der Waals surface area contributed by atoms with Gasteiger partial charge < -0.3 is 24.8 Å². The molecule has 0 bridgehead atoms. The van der Waals surface area contributed by atoms with E-state index >= 15 is 0 Å². The van der Waals surface area contributed by atoms with Crippen LogP contribution in [0.2, 0.25) is 0 Å². The Labute approximate surface area is 246 Å². The Morgan fingerprint density at radius 3 is 2.19 bits per heavy atom. The van der Waals surface area contributed by atoms with E-state index in [0.717, 1.165) is 35.2 Å². The van der Waals surface area contributed by atoms with E-state index in [1.54, 1.807) is 42.5 Å². The first-order valence-corrected chi connectivity index (χ1v) is 13.8. The molecule has 0 fully saturated rings. The lowest BCUT2D eigenvalue weighted by atomic mass is 10.1. The van der Waals surface area contributed by atoms with Crippen molar-refractivity contribution >= 4 is 35.3 Å². The maximum atomic E-state index is 12.6. The largest absolute Gasteiger partial charge is 0.494 e. The molecule has 3 amide bonds. The van der Waals surface area contributed by atoms with Crippen molar-refractivity contribution in [2.24, 2.45) is 5.10 Å². The van der Waals surface area contributed by atoms with Gasteiger partial charge in [-0.25, -0.2) is 5.43 Å². The molecule has 10 heteroatoms. The number of rotatable bonds is 13. The zero-order valence-electron chi connectivity index (χ0n) is 24.7. The Morgan fingerprint density at radius 1 is 0.810 bits per heavy atom. The Balaban J connectivity index is 1.53. The molecule has 0 radical (unpaired) electrons. The number of anilines is 2. The standard InChI is InChI=1S/C32H38N4O6/c1-6-8-15-41-26-12-10-25(11-13-26)34-31(38)32(39)36-33-19-24-9-14-27(28(18-24)40-7-2)42-20-29(37)35-30-22(4)16-21(3)17-23(30)5/h9-14,16-19H,6-8,15,20H2,1-5H3,(H,34,38)(H,35,37)(H,36,39)/b33-19-. The summed E-state index contributed by atoms with van der Waals surface area (Å²) in [5, 5.41) is 9.29. The van der Waals surface area contributed by atoms with Gasteiger partial charge in [-0.05, 0) is 93.3 Å². The number of hydrogen-bond acceptors (Lipinski definition) is 7. The van der Waals surface area contributed by atoms with E-state index in [4.69, 9.17) is 14.2 Å². The monoisotopic (exact) mass is 574 g/mol. The van der Waals surface area contributed by atoms with E-state index in [9.17, 15) is 14.4 Å². The molecule has 0 aliphatic heterocycles. The van der Waals surface area contributed by atoms with Crippen molar-refractivity contribution in [1.29, 1.82) is 0 Å². The van der Waals surface area contributed by atoms with Crippen LogP contribution in [0.1, 0.15) is 48.9 Å². The van der Waals surface area contributed by atoms with Gasteiger partial charge in [-0.1, -0.05) is 31.0 Å². The Hall–Kier alpha value is -4.86. The van der Waals surface area contributed by atoms with Crippen molar-refractivity contribution in [3.8, 4) is 17.2 Å². The number of unbranched alkanes of at least 4 members (excludes halogenated alkanes) is 1. The van der Waals surface area contributed by atoms with Gasteiger partial charge in [-0.3, -0.25) is 14.4 Å². The second kappa shape index (κ2) is 15.8. The number of nitrogens with one attached hydrogen (secondary N) is 3. The van der Waals surface area contributed by atoms with E-state index in [1.165, 1.54) is 6.21 Å². The maximum Gasteiger partial charge on any atom is 0.329 e. The highest BCUT2D eigenvalue weighted by Gasteiger charge is 2.14. The molecule has 0 aliphatic rings. The average molecular weight is 575 g/mol. The van der Waals surface area contributed by atoms with Gasteiger partial charge in [0, 0.05) is 11.4 Å². The number of aryl methyl sites for hydroxylation is 3. The fourth-order valence-electron chi connectivity index (χ4n) is 4.06. The Kier molecular flexibility index (Phi) is 11.9. The fraction of sp³-hybridized carbons (Fsp3) is 0.312. The first-order chi connectivity index (χ1) is 20.2. The molecule has 10 nitrogen and oxygen atoms in total. The van der Waals surface area contributed by atoms with Crippen LogP contribution in [-0.4, -0.2) is 43.8 Å². The SMILES string of the molecule is CCCCOc1ccc(NC(=O)C(=O)N/N=C\c2ccc(OCC(=O)Nc3c(C)cc(C)cc3C)c(OCC)c2)cc1. The van der Waals surface area contributed by atoms with E-state index in [2.05, 4.69) is 28.1 Å². The smallest absolute Gasteiger partial charge is 0.329 e. The first-order valence-electron chi connectivity index (χ1n) is 13.8. The Bertz CT molecular complexity index is 1400. The van der Waals surface area contributed by atoms with Crippen LogP contribution in [-0.2, 0) is 14.4 Å². The van der Waals surface area contributed by atoms with Crippen molar-refractivity contribution in [1.82, 2.24) is 5.43 Å². The lowest BCUT2D eigenvalue weighted by molar-refractivity contribution is -0.136. The van der Waals surface area contributed by atoms with Gasteiger partial charge in [0.1, 0.15) is 5.75 Å². The van der Waals surface area contributed by atoms with Crippen molar-refractivity contribution in [2.45, 2.75) is 47.5 Å². The van der Waals surface area contributed by atoms with Crippen LogP contribution in [0.4, 0.5) is 11.4 Å². The molecule has 222 valence electrons. The predicted molar refractivity (Wildman–Crippen MR) is 164 cm³/mol. The average Bonchev–Trinajstić information content (AvgIpc) is 2.95. The summed E-state index contributed by atoms with van der Waals surface area (Å²) in [6.45, 7) is 10.6. The van der Waals surface area contributed by atoms with Crippen molar-refractivity contribution in [3.63, 3.8) is 0 Å². The summed E-state index contributed by atoms with van der Waals surface area (Å²) in [6.07, 6.45) is 3.36. The van der Waals surface area contributed by atoms with Gasteiger partial charge in [0.15, 0.2) is 18.1 Å². The Morgan fingerprint density at radius 2 is 1.52 bits per heavy atom. The fourth-order valence-corrected chi connectivity index (χ4v) is 4.06. The molecule has 0 atom stereocenters. The molecule has 3 aromatic carbocycles. The highest BCUT2D eigenvalue weighted by Crippen LogP contribution is 2.28. The molecule has 0 saturated carbocycles. The maximum absolute atomic E-state index is 12.6. The molecule has 0 aromatic heterocycles. The summed E-state index contributed by atoms with van der Waals surface area (Å²) in [7, 11) is 0. The molecule has 0 spiro atoms. The third-order valence-electron chi connectivity index (χ3n) is 6.03.